The summed E-state index contributed by atoms with van der Waals surface area (Å²) < 4.78 is 31.5. The second kappa shape index (κ2) is 14.3. The first-order valence-electron chi connectivity index (χ1n) is 13.8. The fourth-order valence-electron chi connectivity index (χ4n) is 4.70. The Balaban J connectivity index is 1.93. The third kappa shape index (κ3) is 8.31. The van der Waals surface area contributed by atoms with E-state index < -0.39 is 20.1 Å². The van der Waals surface area contributed by atoms with Crippen molar-refractivity contribution in [3.8, 4) is 5.75 Å². The number of aryl methyl sites for hydroxylation is 1. The number of anilines is 3. The van der Waals surface area contributed by atoms with E-state index in [4.69, 9.17) is 21.7 Å². The Morgan fingerprint density at radius 2 is 2.05 bits per heavy atom. The Bertz CT molecular complexity index is 1360. The molecule has 226 valence electrons. The van der Waals surface area contributed by atoms with Crippen LogP contribution in [-0.2, 0) is 9.84 Å². The number of ether oxygens (including phenoxy) is 1. The fraction of sp³-hybridized carbons (Fsp3) is 0.536. The number of likely N-dealkylation sites (tertiary alicyclic amines) is 1. The van der Waals surface area contributed by atoms with Crippen LogP contribution < -0.4 is 20.7 Å². The fourth-order valence-corrected chi connectivity index (χ4v) is 5.73. The maximum atomic E-state index is 12.6. The number of benzene rings is 1. The molecule has 0 spiro atoms. The van der Waals surface area contributed by atoms with Crippen LogP contribution in [0.4, 0.5) is 17.5 Å². The van der Waals surface area contributed by atoms with E-state index >= 15 is 0 Å². The molecule has 11 nitrogen and oxygen atoms in total. The Labute approximate surface area is 248 Å². The van der Waals surface area contributed by atoms with E-state index in [-0.39, 0.29) is 35.2 Å². The Hall–Kier alpha value is -2.93. The van der Waals surface area contributed by atoms with Crippen LogP contribution in [0.25, 0.3) is 0 Å². The first-order chi connectivity index (χ1) is 19.4. The highest BCUT2D eigenvalue weighted by Gasteiger charge is 2.27. The van der Waals surface area contributed by atoms with Crippen LogP contribution in [0, 0.1) is 12.3 Å². The zero-order valence-corrected chi connectivity index (χ0v) is 26.2. The quantitative estimate of drug-likeness (QED) is 0.173. The van der Waals surface area contributed by atoms with Crippen molar-refractivity contribution in [2.75, 3.05) is 43.9 Å². The summed E-state index contributed by atoms with van der Waals surface area (Å²) in [6.45, 7) is 11.7. The van der Waals surface area contributed by atoms with Gasteiger partial charge < -0.3 is 30.7 Å². The molecule has 0 bridgehead atoms. The molecule has 2 heterocycles. The molecule has 1 unspecified atom stereocenters. The van der Waals surface area contributed by atoms with E-state index in [9.17, 15) is 13.5 Å². The first kappa shape index (κ1) is 32.6. The van der Waals surface area contributed by atoms with Gasteiger partial charge in [0.2, 0.25) is 5.95 Å². The number of β-amino-alcohol motifs (C(OH)–C–C–N with tert-alkyl or cyclic N) is 1. The zero-order valence-electron chi connectivity index (χ0n) is 24.6. The predicted molar refractivity (Wildman–Crippen MR) is 165 cm³/mol. The molecule has 5 N–H and O–H groups in total. The van der Waals surface area contributed by atoms with Gasteiger partial charge in [-0.3, -0.25) is 5.41 Å². The van der Waals surface area contributed by atoms with Gasteiger partial charge in [-0.05, 0) is 83.2 Å². The van der Waals surface area contributed by atoms with Gasteiger partial charge in [-0.25, -0.2) is 13.4 Å². The summed E-state index contributed by atoms with van der Waals surface area (Å²) >= 11 is 6.36. The van der Waals surface area contributed by atoms with Crippen LogP contribution in [0.5, 0.6) is 5.75 Å². The molecule has 1 saturated heterocycles. The number of hydrogen-bond donors (Lipinski definition) is 5. The van der Waals surface area contributed by atoms with Gasteiger partial charge in [-0.15, -0.1) is 0 Å². The predicted octanol–water partition coefficient (Wildman–Crippen LogP) is 4.41. The molecule has 1 aromatic carbocycles. The van der Waals surface area contributed by atoms with Crippen LogP contribution >= 0.6 is 11.6 Å². The number of rotatable bonds is 12. The van der Waals surface area contributed by atoms with Gasteiger partial charge in [0.05, 0.1) is 35.5 Å². The zero-order chi connectivity index (χ0) is 30.3. The molecule has 0 aliphatic carbocycles. The normalized spacial score (nSPS) is 16.6. The highest BCUT2D eigenvalue weighted by atomic mass is 35.5. The lowest BCUT2D eigenvalue weighted by atomic mass is 9.87. The van der Waals surface area contributed by atoms with E-state index in [0.29, 0.717) is 23.9 Å². The molecule has 13 heteroatoms. The van der Waals surface area contributed by atoms with Crippen molar-refractivity contribution in [3.63, 3.8) is 0 Å². The second-order valence-electron chi connectivity index (χ2n) is 10.6. The maximum Gasteiger partial charge on any atom is 0.229 e. The SMILES string of the molecule is CN/C=C(/Nc1nc(Nc2cc(C)c(C3CCCN(CCO)C3)cc2OC(C)C)ncc1Cl)C(=N)S(=O)(=O)C(C)C. The number of nitrogens with one attached hydrogen (secondary N) is 4. The minimum Gasteiger partial charge on any atom is -0.489 e. The van der Waals surface area contributed by atoms with Crippen molar-refractivity contribution in [2.24, 2.45) is 0 Å². The topological polar surface area (TPSA) is 153 Å². The second-order valence-corrected chi connectivity index (χ2v) is 13.5. The molecule has 1 fully saturated rings. The molecule has 1 atom stereocenters. The Morgan fingerprint density at radius 3 is 2.68 bits per heavy atom. The molecule has 1 aromatic heterocycles. The molecule has 1 aliphatic heterocycles. The van der Waals surface area contributed by atoms with Crippen molar-refractivity contribution in [2.45, 2.75) is 64.7 Å². The van der Waals surface area contributed by atoms with E-state index in [1.54, 1.807) is 7.05 Å². The van der Waals surface area contributed by atoms with E-state index in [1.165, 1.54) is 31.8 Å². The number of aliphatic hydroxyl groups excluding tert-OH is 1. The van der Waals surface area contributed by atoms with Gasteiger partial charge in [0, 0.05) is 26.3 Å². The molecular formula is C28H42ClN7O4S. The highest BCUT2D eigenvalue weighted by Crippen LogP contribution is 2.37. The maximum absolute atomic E-state index is 12.6. The number of sulfone groups is 1. The summed E-state index contributed by atoms with van der Waals surface area (Å²) in [5.41, 5.74) is 2.98. The van der Waals surface area contributed by atoms with Crippen molar-refractivity contribution >= 4 is 43.9 Å². The lowest BCUT2D eigenvalue weighted by molar-refractivity contribution is 0.161. The molecular weight excluding hydrogens is 566 g/mol. The largest absolute Gasteiger partial charge is 0.489 e. The summed E-state index contributed by atoms with van der Waals surface area (Å²) in [5, 5.41) is 25.4. The van der Waals surface area contributed by atoms with Gasteiger partial charge in [0.25, 0.3) is 0 Å². The number of aromatic nitrogens is 2. The van der Waals surface area contributed by atoms with Crippen LogP contribution in [-0.4, -0.2) is 78.1 Å². The van der Waals surface area contributed by atoms with E-state index in [2.05, 4.69) is 43.8 Å². The molecule has 0 saturated carbocycles. The Morgan fingerprint density at radius 1 is 1.32 bits per heavy atom. The molecule has 1 aliphatic rings. The summed E-state index contributed by atoms with van der Waals surface area (Å²) in [7, 11) is -2.25. The number of hydrogen-bond acceptors (Lipinski definition) is 11. The summed E-state index contributed by atoms with van der Waals surface area (Å²) in [4.78, 5) is 11.1. The first-order valence-corrected chi connectivity index (χ1v) is 15.7. The number of piperidine rings is 1. The lowest BCUT2D eigenvalue weighted by Gasteiger charge is -2.33. The number of nitrogens with zero attached hydrogens (tertiary/aromatic N) is 3. The van der Waals surface area contributed by atoms with Crippen LogP contribution in [0.1, 0.15) is 57.6 Å². The third-order valence-electron chi connectivity index (χ3n) is 6.77. The van der Waals surface area contributed by atoms with E-state index in [1.807, 2.05) is 19.9 Å². The lowest BCUT2D eigenvalue weighted by Crippen LogP contribution is -2.36. The van der Waals surface area contributed by atoms with Gasteiger partial charge in [-0.2, -0.15) is 4.98 Å². The smallest absolute Gasteiger partial charge is 0.229 e. The van der Waals surface area contributed by atoms with E-state index in [0.717, 1.165) is 31.5 Å². The Kier molecular flexibility index (Phi) is 11.4. The molecule has 0 radical (unpaired) electrons. The minimum absolute atomic E-state index is 0.000462. The highest BCUT2D eigenvalue weighted by molar-refractivity contribution is 8.07. The molecule has 0 amide bonds. The average molecular weight is 608 g/mol. The van der Waals surface area contributed by atoms with Gasteiger partial charge in [0.1, 0.15) is 10.8 Å². The van der Waals surface area contributed by atoms with Crippen molar-refractivity contribution in [1.82, 2.24) is 20.2 Å². The van der Waals surface area contributed by atoms with Gasteiger partial charge in [0.15, 0.2) is 20.7 Å². The molecule has 41 heavy (non-hydrogen) atoms. The number of halogens is 1. The summed E-state index contributed by atoms with van der Waals surface area (Å²) in [5.74, 6) is 1.34. The summed E-state index contributed by atoms with van der Waals surface area (Å²) in [6, 6.07) is 4.09. The monoisotopic (exact) mass is 607 g/mol. The summed E-state index contributed by atoms with van der Waals surface area (Å²) in [6.07, 6.45) is 4.83. The van der Waals surface area contributed by atoms with Crippen molar-refractivity contribution in [1.29, 1.82) is 5.41 Å². The van der Waals surface area contributed by atoms with Crippen LogP contribution in [0.2, 0.25) is 5.02 Å². The third-order valence-corrected chi connectivity index (χ3v) is 9.08. The van der Waals surface area contributed by atoms with Crippen molar-refractivity contribution < 1.29 is 18.3 Å². The number of aliphatic hydroxyl groups is 1. The minimum atomic E-state index is -3.85. The van der Waals surface area contributed by atoms with Gasteiger partial charge >= 0.3 is 0 Å². The molecule has 3 rings (SSSR count). The van der Waals surface area contributed by atoms with Crippen LogP contribution in [0.3, 0.4) is 0 Å². The van der Waals surface area contributed by atoms with Gasteiger partial charge in [-0.1, -0.05) is 11.6 Å². The van der Waals surface area contributed by atoms with Crippen molar-refractivity contribution in [3.05, 3.63) is 46.4 Å². The standard InChI is InChI=1S/C28H42ClN7O4S/c1-17(2)40-25-13-21(20-8-7-9-36(16-20)10-11-37)19(5)12-23(25)34-28-32-14-22(29)27(35-28)33-24(15-31-6)26(30)41(38,39)18(3)4/h12-15,17-18,20,30-31,37H,7-11,16H2,1-6H3,(H2,32,33,34,35)/b24-15+,30-26?. The van der Waals surface area contributed by atoms with Crippen LogP contribution in [0.15, 0.2) is 30.2 Å². The average Bonchev–Trinajstić information content (AvgIpc) is 2.91. The molecule has 2 aromatic rings.